The van der Waals surface area contributed by atoms with Crippen LogP contribution in [0.3, 0.4) is 0 Å². The van der Waals surface area contributed by atoms with Gasteiger partial charge in [-0.2, -0.15) is 5.10 Å². The second kappa shape index (κ2) is 5.67. The SMILES string of the molecule is NC(Cn1cncn1)c1ccc(-c2ccccc2)cc1. The Morgan fingerprint density at radius 1 is 0.950 bits per heavy atom. The van der Waals surface area contributed by atoms with Gasteiger partial charge >= 0.3 is 0 Å². The van der Waals surface area contributed by atoms with Crippen LogP contribution in [0.1, 0.15) is 11.6 Å². The Balaban J connectivity index is 1.76. The van der Waals surface area contributed by atoms with Crippen LogP contribution in [0.2, 0.25) is 0 Å². The lowest BCUT2D eigenvalue weighted by atomic mass is 10.0. The molecule has 100 valence electrons. The zero-order valence-electron chi connectivity index (χ0n) is 11.1. The molecule has 0 amide bonds. The molecule has 3 aromatic rings. The molecule has 0 saturated heterocycles. The molecule has 0 aliphatic rings. The molecule has 0 bridgehead atoms. The molecule has 1 unspecified atom stereocenters. The minimum absolute atomic E-state index is 0.0819. The van der Waals surface area contributed by atoms with Crippen molar-refractivity contribution in [2.75, 3.05) is 0 Å². The standard InChI is InChI=1S/C16H16N4/c17-16(10-20-12-18-11-19-20)15-8-6-14(7-9-15)13-4-2-1-3-5-13/h1-9,11-12,16H,10,17H2. The number of hydrogen-bond acceptors (Lipinski definition) is 3. The van der Waals surface area contributed by atoms with Crippen molar-refractivity contribution in [1.29, 1.82) is 0 Å². The molecule has 1 heterocycles. The highest BCUT2D eigenvalue weighted by Crippen LogP contribution is 2.21. The third kappa shape index (κ3) is 2.75. The van der Waals surface area contributed by atoms with Gasteiger partial charge in [0.1, 0.15) is 12.7 Å². The predicted octanol–water partition coefficient (Wildman–Crippen LogP) is 2.65. The van der Waals surface area contributed by atoms with Crippen LogP contribution >= 0.6 is 0 Å². The highest BCUT2D eigenvalue weighted by molar-refractivity contribution is 5.63. The van der Waals surface area contributed by atoms with E-state index in [1.807, 2.05) is 18.2 Å². The van der Waals surface area contributed by atoms with Crippen LogP contribution in [0.4, 0.5) is 0 Å². The van der Waals surface area contributed by atoms with E-state index in [1.165, 1.54) is 17.5 Å². The van der Waals surface area contributed by atoms with Gasteiger partial charge in [0, 0.05) is 6.04 Å². The average molecular weight is 264 g/mol. The minimum Gasteiger partial charge on any atom is -0.322 e. The molecule has 0 fully saturated rings. The number of benzene rings is 2. The maximum absolute atomic E-state index is 6.19. The summed E-state index contributed by atoms with van der Waals surface area (Å²) in [6.07, 6.45) is 3.20. The van der Waals surface area contributed by atoms with Gasteiger partial charge in [0.2, 0.25) is 0 Å². The maximum Gasteiger partial charge on any atom is 0.137 e. The zero-order chi connectivity index (χ0) is 13.8. The van der Waals surface area contributed by atoms with Crippen molar-refractivity contribution in [1.82, 2.24) is 14.8 Å². The number of nitrogens with two attached hydrogens (primary N) is 1. The highest BCUT2D eigenvalue weighted by Gasteiger charge is 2.07. The lowest BCUT2D eigenvalue weighted by molar-refractivity contribution is 0.526. The molecule has 1 aromatic heterocycles. The minimum atomic E-state index is -0.0819. The van der Waals surface area contributed by atoms with Crippen LogP contribution in [-0.2, 0) is 6.54 Å². The molecule has 0 aliphatic heterocycles. The van der Waals surface area contributed by atoms with Gasteiger partial charge in [-0.1, -0.05) is 54.6 Å². The molecule has 3 rings (SSSR count). The first-order valence-electron chi connectivity index (χ1n) is 6.56. The summed E-state index contributed by atoms with van der Waals surface area (Å²) in [6.45, 7) is 0.630. The maximum atomic E-state index is 6.19. The van der Waals surface area contributed by atoms with E-state index in [0.717, 1.165) is 5.56 Å². The molecule has 20 heavy (non-hydrogen) atoms. The topological polar surface area (TPSA) is 56.7 Å². The van der Waals surface area contributed by atoms with Gasteiger partial charge in [-0.05, 0) is 16.7 Å². The van der Waals surface area contributed by atoms with Crippen LogP contribution in [0.15, 0.2) is 67.3 Å². The fourth-order valence-electron chi connectivity index (χ4n) is 2.19. The molecular formula is C16H16N4. The first-order chi connectivity index (χ1) is 9.83. The zero-order valence-corrected chi connectivity index (χ0v) is 11.1. The van der Waals surface area contributed by atoms with E-state index >= 15 is 0 Å². The summed E-state index contributed by atoms with van der Waals surface area (Å²) < 4.78 is 1.75. The monoisotopic (exact) mass is 264 g/mol. The number of aromatic nitrogens is 3. The van der Waals surface area contributed by atoms with E-state index in [9.17, 15) is 0 Å². The van der Waals surface area contributed by atoms with Crippen molar-refractivity contribution in [3.63, 3.8) is 0 Å². The fraction of sp³-hybridized carbons (Fsp3) is 0.125. The molecule has 4 nitrogen and oxygen atoms in total. The van der Waals surface area contributed by atoms with Gasteiger partial charge in [0.15, 0.2) is 0 Å². The fourth-order valence-corrected chi connectivity index (χ4v) is 2.19. The van der Waals surface area contributed by atoms with Crippen molar-refractivity contribution in [3.8, 4) is 11.1 Å². The summed E-state index contributed by atoms with van der Waals surface area (Å²) >= 11 is 0. The quantitative estimate of drug-likeness (QED) is 0.788. The first-order valence-corrected chi connectivity index (χ1v) is 6.56. The number of hydrogen-bond donors (Lipinski definition) is 1. The highest BCUT2D eigenvalue weighted by atomic mass is 15.3. The summed E-state index contributed by atoms with van der Waals surface area (Å²) in [5.74, 6) is 0. The molecule has 0 radical (unpaired) electrons. The van der Waals surface area contributed by atoms with E-state index in [1.54, 1.807) is 11.0 Å². The lowest BCUT2D eigenvalue weighted by Gasteiger charge is -2.12. The Labute approximate surface area is 117 Å². The molecule has 4 heteroatoms. The van der Waals surface area contributed by atoms with E-state index in [2.05, 4.69) is 46.5 Å². The summed E-state index contributed by atoms with van der Waals surface area (Å²) in [4.78, 5) is 3.92. The first kappa shape index (κ1) is 12.6. The van der Waals surface area contributed by atoms with Crippen molar-refractivity contribution in [2.45, 2.75) is 12.6 Å². The second-order valence-corrected chi connectivity index (χ2v) is 4.71. The van der Waals surface area contributed by atoms with E-state index in [0.29, 0.717) is 6.54 Å². The molecular weight excluding hydrogens is 248 g/mol. The molecule has 2 aromatic carbocycles. The Kier molecular flexibility index (Phi) is 3.56. The van der Waals surface area contributed by atoms with Gasteiger partial charge in [0.05, 0.1) is 6.54 Å². The Morgan fingerprint density at radius 2 is 1.65 bits per heavy atom. The summed E-state index contributed by atoms with van der Waals surface area (Å²) in [6, 6.07) is 18.6. The van der Waals surface area contributed by atoms with Crippen LogP contribution in [-0.4, -0.2) is 14.8 Å². The lowest BCUT2D eigenvalue weighted by Crippen LogP contribution is -2.17. The smallest absolute Gasteiger partial charge is 0.137 e. The van der Waals surface area contributed by atoms with Crippen molar-refractivity contribution >= 4 is 0 Å². The molecule has 0 aliphatic carbocycles. The van der Waals surface area contributed by atoms with Crippen LogP contribution in [0.25, 0.3) is 11.1 Å². The van der Waals surface area contributed by atoms with Gasteiger partial charge < -0.3 is 5.73 Å². The summed E-state index contributed by atoms with van der Waals surface area (Å²) in [7, 11) is 0. The van der Waals surface area contributed by atoms with Gasteiger partial charge in [0.25, 0.3) is 0 Å². The van der Waals surface area contributed by atoms with E-state index in [-0.39, 0.29) is 6.04 Å². The number of rotatable bonds is 4. The van der Waals surface area contributed by atoms with Gasteiger partial charge in [-0.3, -0.25) is 4.68 Å². The average Bonchev–Trinajstić information content (AvgIpc) is 3.01. The summed E-state index contributed by atoms with van der Waals surface area (Å²) in [5, 5.41) is 4.07. The summed E-state index contributed by atoms with van der Waals surface area (Å²) in [5.41, 5.74) is 9.69. The van der Waals surface area contributed by atoms with Crippen molar-refractivity contribution < 1.29 is 0 Å². The number of nitrogens with zero attached hydrogens (tertiary/aromatic N) is 3. The van der Waals surface area contributed by atoms with Gasteiger partial charge in [-0.15, -0.1) is 0 Å². The predicted molar refractivity (Wildman–Crippen MR) is 78.8 cm³/mol. The van der Waals surface area contributed by atoms with Crippen LogP contribution in [0.5, 0.6) is 0 Å². The molecule has 0 saturated carbocycles. The second-order valence-electron chi connectivity index (χ2n) is 4.71. The molecule has 1 atom stereocenters. The largest absolute Gasteiger partial charge is 0.322 e. The van der Waals surface area contributed by atoms with E-state index in [4.69, 9.17) is 5.73 Å². The molecule has 2 N–H and O–H groups in total. The van der Waals surface area contributed by atoms with Crippen molar-refractivity contribution in [3.05, 3.63) is 72.8 Å². The Morgan fingerprint density at radius 3 is 2.30 bits per heavy atom. The van der Waals surface area contributed by atoms with Crippen LogP contribution < -0.4 is 5.73 Å². The van der Waals surface area contributed by atoms with Gasteiger partial charge in [-0.25, -0.2) is 4.98 Å². The Hall–Kier alpha value is -2.46. The third-order valence-electron chi connectivity index (χ3n) is 3.30. The molecule has 0 spiro atoms. The van der Waals surface area contributed by atoms with E-state index < -0.39 is 0 Å². The van der Waals surface area contributed by atoms with Crippen molar-refractivity contribution in [2.24, 2.45) is 5.73 Å². The van der Waals surface area contributed by atoms with Crippen LogP contribution in [0, 0.1) is 0 Å². The normalized spacial score (nSPS) is 12.2. The third-order valence-corrected chi connectivity index (χ3v) is 3.30. The Bertz CT molecular complexity index is 645.